The predicted molar refractivity (Wildman–Crippen MR) is 82.5 cm³/mol. The summed E-state index contributed by atoms with van der Waals surface area (Å²) in [6, 6.07) is 6.82. The topological polar surface area (TPSA) is 101 Å². The van der Waals surface area contributed by atoms with Crippen LogP contribution in [0.5, 0.6) is 0 Å². The van der Waals surface area contributed by atoms with Crippen LogP contribution in [-0.2, 0) is 9.59 Å². The SMILES string of the molecule is NC(=O)C1CCCCN1CCC(=O)Nc1cccc(N)c1. The molecule has 1 aliphatic rings. The van der Waals surface area contributed by atoms with E-state index in [1.165, 1.54) is 0 Å². The number of nitrogens with one attached hydrogen (secondary N) is 1. The van der Waals surface area contributed by atoms with Crippen LogP contribution in [0.15, 0.2) is 24.3 Å². The van der Waals surface area contributed by atoms with Gasteiger partial charge in [0.1, 0.15) is 0 Å². The average Bonchev–Trinajstić information content (AvgIpc) is 2.45. The van der Waals surface area contributed by atoms with Crippen LogP contribution >= 0.6 is 0 Å². The second kappa shape index (κ2) is 7.08. The summed E-state index contributed by atoms with van der Waals surface area (Å²) in [6.07, 6.45) is 3.17. The number of hydrogen-bond acceptors (Lipinski definition) is 4. The summed E-state index contributed by atoms with van der Waals surface area (Å²) >= 11 is 0. The molecule has 0 radical (unpaired) electrons. The zero-order valence-corrected chi connectivity index (χ0v) is 12.0. The highest BCUT2D eigenvalue weighted by atomic mass is 16.2. The predicted octanol–water partition coefficient (Wildman–Crippen LogP) is 0.937. The van der Waals surface area contributed by atoms with Crippen molar-refractivity contribution in [3.8, 4) is 0 Å². The number of nitrogens with two attached hydrogens (primary N) is 2. The minimum Gasteiger partial charge on any atom is -0.399 e. The molecule has 1 aromatic rings. The number of piperidine rings is 1. The van der Waals surface area contributed by atoms with E-state index in [0.717, 1.165) is 25.8 Å². The second-order valence-electron chi connectivity index (χ2n) is 5.37. The van der Waals surface area contributed by atoms with E-state index in [4.69, 9.17) is 11.5 Å². The van der Waals surface area contributed by atoms with E-state index in [0.29, 0.717) is 24.3 Å². The van der Waals surface area contributed by atoms with Gasteiger partial charge in [-0.1, -0.05) is 12.5 Å². The molecule has 0 aliphatic carbocycles. The first kappa shape index (κ1) is 15.3. The molecular weight excluding hydrogens is 268 g/mol. The number of nitrogen functional groups attached to an aromatic ring is 1. The molecule has 0 saturated carbocycles. The quantitative estimate of drug-likeness (QED) is 0.702. The summed E-state index contributed by atoms with van der Waals surface area (Å²) in [6.45, 7) is 1.36. The van der Waals surface area contributed by atoms with Crippen molar-refractivity contribution in [2.75, 3.05) is 24.1 Å². The summed E-state index contributed by atoms with van der Waals surface area (Å²) in [5.74, 6) is -0.389. The van der Waals surface area contributed by atoms with Crippen molar-refractivity contribution in [2.24, 2.45) is 5.73 Å². The first-order valence-electron chi connectivity index (χ1n) is 7.25. The molecule has 21 heavy (non-hydrogen) atoms. The highest BCUT2D eigenvalue weighted by Crippen LogP contribution is 2.17. The lowest BCUT2D eigenvalue weighted by atomic mass is 10.0. The third-order valence-electron chi connectivity index (χ3n) is 3.74. The van der Waals surface area contributed by atoms with E-state index in [-0.39, 0.29) is 17.9 Å². The fourth-order valence-electron chi connectivity index (χ4n) is 2.67. The van der Waals surface area contributed by atoms with Gasteiger partial charge in [-0.15, -0.1) is 0 Å². The number of amides is 2. The van der Waals surface area contributed by atoms with Gasteiger partial charge < -0.3 is 16.8 Å². The lowest BCUT2D eigenvalue weighted by molar-refractivity contribution is -0.125. The Morgan fingerprint density at radius 2 is 2.14 bits per heavy atom. The van der Waals surface area contributed by atoms with E-state index in [1.807, 2.05) is 4.90 Å². The monoisotopic (exact) mass is 290 g/mol. The molecule has 1 aliphatic heterocycles. The van der Waals surface area contributed by atoms with E-state index in [2.05, 4.69) is 5.32 Å². The minimum absolute atomic E-state index is 0.0885. The molecule has 6 heteroatoms. The molecular formula is C15H22N4O2. The van der Waals surface area contributed by atoms with Crippen LogP contribution in [0, 0.1) is 0 Å². The summed E-state index contributed by atoms with van der Waals surface area (Å²) in [7, 11) is 0. The zero-order chi connectivity index (χ0) is 15.2. The van der Waals surface area contributed by atoms with Gasteiger partial charge in [0.2, 0.25) is 11.8 Å². The molecule has 2 amide bonds. The number of anilines is 2. The summed E-state index contributed by atoms with van der Waals surface area (Å²) in [5.41, 5.74) is 12.4. The number of carbonyl (C=O) groups excluding carboxylic acids is 2. The Bertz CT molecular complexity index is 518. The standard InChI is InChI=1S/C15H22N4O2/c16-11-4-3-5-12(10-11)18-14(20)7-9-19-8-2-1-6-13(19)15(17)21/h3-5,10,13H,1-2,6-9,16H2,(H2,17,21)(H,18,20). The van der Waals surface area contributed by atoms with Gasteiger partial charge in [0.25, 0.3) is 0 Å². The van der Waals surface area contributed by atoms with Crippen molar-refractivity contribution in [3.63, 3.8) is 0 Å². The number of benzene rings is 1. The maximum absolute atomic E-state index is 11.9. The Kier molecular flexibility index (Phi) is 5.16. The summed E-state index contributed by atoms with van der Waals surface area (Å²) in [4.78, 5) is 25.4. The molecule has 114 valence electrons. The first-order chi connectivity index (χ1) is 10.1. The second-order valence-corrected chi connectivity index (χ2v) is 5.37. The van der Waals surface area contributed by atoms with Crippen molar-refractivity contribution in [1.82, 2.24) is 4.90 Å². The molecule has 2 rings (SSSR count). The largest absolute Gasteiger partial charge is 0.399 e. The molecule has 6 nitrogen and oxygen atoms in total. The molecule has 0 aromatic heterocycles. The number of rotatable bonds is 5. The molecule has 1 atom stereocenters. The highest BCUT2D eigenvalue weighted by Gasteiger charge is 2.26. The van der Waals surface area contributed by atoms with Crippen LogP contribution < -0.4 is 16.8 Å². The molecule has 0 bridgehead atoms. The number of carbonyl (C=O) groups is 2. The van der Waals surface area contributed by atoms with Crippen molar-refractivity contribution in [2.45, 2.75) is 31.7 Å². The van der Waals surface area contributed by atoms with Crippen LogP contribution in [0.1, 0.15) is 25.7 Å². The molecule has 1 saturated heterocycles. The number of nitrogens with zero attached hydrogens (tertiary/aromatic N) is 1. The van der Waals surface area contributed by atoms with Gasteiger partial charge in [0, 0.05) is 24.3 Å². The van der Waals surface area contributed by atoms with Gasteiger partial charge in [-0.25, -0.2) is 0 Å². The van der Waals surface area contributed by atoms with Crippen LogP contribution in [0.25, 0.3) is 0 Å². The number of likely N-dealkylation sites (tertiary alicyclic amines) is 1. The zero-order valence-electron chi connectivity index (χ0n) is 12.0. The highest BCUT2D eigenvalue weighted by molar-refractivity contribution is 5.91. The number of hydrogen-bond donors (Lipinski definition) is 3. The van der Waals surface area contributed by atoms with Gasteiger partial charge in [-0.3, -0.25) is 14.5 Å². The Labute approximate surface area is 124 Å². The van der Waals surface area contributed by atoms with Gasteiger partial charge in [0.15, 0.2) is 0 Å². The molecule has 5 N–H and O–H groups in total. The Hall–Kier alpha value is -2.08. The smallest absolute Gasteiger partial charge is 0.234 e. The van der Waals surface area contributed by atoms with Crippen molar-refractivity contribution in [3.05, 3.63) is 24.3 Å². The fraction of sp³-hybridized carbons (Fsp3) is 0.467. The third-order valence-corrected chi connectivity index (χ3v) is 3.74. The van der Waals surface area contributed by atoms with Crippen molar-refractivity contribution in [1.29, 1.82) is 0 Å². The van der Waals surface area contributed by atoms with E-state index in [1.54, 1.807) is 24.3 Å². The van der Waals surface area contributed by atoms with Crippen LogP contribution in [0.4, 0.5) is 11.4 Å². The lowest BCUT2D eigenvalue weighted by Gasteiger charge is -2.33. The van der Waals surface area contributed by atoms with Gasteiger partial charge >= 0.3 is 0 Å². The normalized spacial score (nSPS) is 19.1. The maximum Gasteiger partial charge on any atom is 0.234 e. The Morgan fingerprint density at radius 3 is 2.86 bits per heavy atom. The molecule has 1 heterocycles. The lowest BCUT2D eigenvalue weighted by Crippen LogP contribution is -2.48. The summed E-state index contributed by atoms with van der Waals surface area (Å²) < 4.78 is 0. The van der Waals surface area contributed by atoms with Gasteiger partial charge in [-0.2, -0.15) is 0 Å². The molecule has 1 aromatic carbocycles. The van der Waals surface area contributed by atoms with E-state index in [9.17, 15) is 9.59 Å². The fourth-order valence-corrected chi connectivity index (χ4v) is 2.67. The van der Waals surface area contributed by atoms with E-state index < -0.39 is 0 Å². The molecule has 1 fully saturated rings. The first-order valence-corrected chi connectivity index (χ1v) is 7.25. The Morgan fingerprint density at radius 1 is 1.33 bits per heavy atom. The van der Waals surface area contributed by atoms with Crippen LogP contribution in [0.3, 0.4) is 0 Å². The van der Waals surface area contributed by atoms with Crippen LogP contribution in [0.2, 0.25) is 0 Å². The van der Waals surface area contributed by atoms with Crippen LogP contribution in [-0.4, -0.2) is 35.8 Å². The minimum atomic E-state index is -0.300. The van der Waals surface area contributed by atoms with Gasteiger partial charge in [0.05, 0.1) is 6.04 Å². The van der Waals surface area contributed by atoms with E-state index >= 15 is 0 Å². The molecule has 0 spiro atoms. The summed E-state index contributed by atoms with van der Waals surface area (Å²) in [5, 5.41) is 2.80. The number of primary amides is 1. The third kappa shape index (κ3) is 4.46. The van der Waals surface area contributed by atoms with Gasteiger partial charge in [-0.05, 0) is 37.6 Å². The molecule has 1 unspecified atom stereocenters. The van der Waals surface area contributed by atoms with Crippen molar-refractivity contribution < 1.29 is 9.59 Å². The Balaban J connectivity index is 1.84. The average molecular weight is 290 g/mol. The van der Waals surface area contributed by atoms with Crippen molar-refractivity contribution >= 4 is 23.2 Å². The maximum atomic E-state index is 11.9.